The van der Waals surface area contributed by atoms with Gasteiger partial charge in [0.1, 0.15) is 0 Å². The first-order chi connectivity index (χ1) is 12.9. The number of halogens is 1. The predicted molar refractivity (Wildman–Crippen MR) is 101 cm³/mol. The minimum Gasteiger partial charge on any atom is -0.469 e. The van der Waals surface area contributed by atoms with Crippen LogP contribution in [0.2, 0.25) is 5.02 Å². The van der Waals surface area contributed by atoms with Crippen LogP contribution >= 0.6 is 11.6 Å². The van der Waals surface area contributed by atoms with E-state index in [2.05, 4.69) is 5.10 Å². The molecule has 0 saturated heterocycles. The second kappa shape index (κ2) is 7.59. The van der Waals surface area contributed by atoms with Crippen LogP contribution in [0.1, 0.15) is 11.3 Å². The molecule has 0 aliphatic heterocycles. The van der Waals surface area contributed by atoms with Gasteiger partial charge < -0.3 is 4.74 Å². The van der Waals surface area contributed by atoms with Crippen molar-refractivity contribution in [1.29, 1.82) is 0 Å². The van der Waals surface area contributed by atoms with E-state index in [9.17, 15) is 14.9 Å². The van der Waals surface area contributed by atoms with Gasteiger partial charge >= 0.3 is 5.97 Å². The van der Waals surface area contributed by atoms with E-state index >= 15 is 0 Å². The van der Waals surface area contributed by atoms with Crippen molar-refractivity contribution in [2.45, 2.75) is 13.3 Å². The quantitative estimate of drug-likeness (QED) is 0.374. The average molecular weight is 386 g/mol. The molecule has 3 aromatic rings. The highest BCUT2D eigenvalue weighted by Crippen LogP contribution is 2.35. The number of para-hydroxylation sites is 1. The summed E-state index contributed by atoms with van der Waals surface area (Å²) in [6.45, 7) is 1.75. The van der Waals surface area contributed by atoms with Crippen molar-refractivity contribution in [3.8, 4) is 16.9 Å². The molecular formula is C19H16ClN3O4. The Balaban J connectivity index is 2.30. The van der Waals surface area contributed by atoms with Gasteiger partial charge in [0.05, 0.1) is 41.1 Å². The number of carbonyl (C=O) groups is 1. The van der Waals surface area contributed by atoms with Crippen molar-refractivity contribution in [2.75, 3.05) is 7.11 Å². The molecule has 2 aromatic carbocycles. The van der Waals surface area contributed by atoms with Gasteiger partial charge in [-0.3, -0.25) is 14.9 Å². The molecule has 8 heteroatoms. The summed E-state index contributed by atoms with van der Waals surface area (Å²) < 4.78 is 6.37. The summed E-state index contributed by atoms with van der Waals surface area (Å²) in [7, 11) is 1.30. The third-order valence-corrected chi connectivity index (χ3v) is 4.41. The molecule has 0 bridgehead atoms. The Labute approximate surface area is 160 Å². The molecule has 0 amide bonds. The van der Waals surface area contributed by atoms with Crippen LogP contribution in [0.15, 0.2) is 48.5 Å². The van der Waals surface area contributed by atoms with Crippen molar-refractivity contribution < 1.29 is 14.5 Å². The topological polar surface area (TPSA) is 87.3 Å². The van der Waals surface area contributed by atoms with E-state index in [1.165, 1.54) is 13.2 Å². The van der Waals surface area contributed by atoms with Gasteiger partial charge in [-0.1, -0.05) is 23.7 Å². The SMILES string of the molecule is COC(=O)Cc1c(C)nn(-c2ccc(Cl)cc2)c1-c1ccccc1[N+](=O)[O-]. The number of carbonyl (C=O) groups excluding carboxylic acids is 1. The smallest absolute Gasteiger partial charge is 0.310 e. The predicted octanol–water partition coefficient (Wildman–Crippen LogP) is 4.12. The second-order valence-corrected chi connectivity index (χ2v) is 6.26. The fraction of sp³-hybridized carbons (Fsp3) is 0.158. The molecule has 0 unspecified atom stereocenters. The Hall–Kier alpha value is -3.19. The number of benzene rings is 2. The van der Waals surface area contributed by atoms with E-state index in [0.717, 1.165) is 0 Å². The Morgan fingerprint density at radius 3 is 2.52 bits per heavy atom. The van der Waals surface area contributed by atoms with Gasteiger partial charge in [0.15, 0.2) is 0 Å². The van der Waals surface area contributed by atoms with Crippen LogP contribution < -0.4 is 0 Å². The third-order valence-electron chi connectivity index (χ3n) is 4.16. The van der Waals surface area contributed by atoms with Crippen molar-refractivity contribution in [1.82, 2.24) is 9.78 Å². The summed E-state index contributed by atoms with van der Waals surface area (Å²) in [5.41, 5.74) is 2.62. The second-order valence-electron chi connectivity index (χ2n) is 5.83. The molecule has 0 atom stereocenters. The zero-order valence-electron chi connectivity index (χ0n) is 14.7. The minimum atomic E-state index is -0.453. The number of esters is 1. The van der Waals surface area contributed by atoms with Crippen molar-refractivity contribution in [3.63, 3.8) is 0 Å². The van der Waals surface area contributed by atoms with Gasteiger partial charge in [-0.15, -0.1) is 0 Å². The lowest BCUT2D eigenvalue weighted by Crippen LogP contribution is -2.07. The van der Waals surface area contributed by atoms with Crippen LogP contribution in [0.25, 0.3) is 16.9 Å². The molecule has 0 radical (unpaired) electrons. The van der Waals surface area contributed by atoms with Crippen LogP contribution in [0, 0.1) is 17.0 Å². The average Bonchev–Trinajstić information content (AvgIpc) is 2.98. The monoisotopic (exact) mass is 385 g/mol. The number of nitro benzene ring substituents is 1. The maximum absolute atomic E-state index is 11.9. The molecule has 3 rings (SSSR count). The summed E-state index contributed by atoms with van der Waals surface area (Å²) >= 11 is 5.97. The molecular weight excluding hydrogens is 370 g/mol. The van der Waals surface area contributed by atoms with E-state index in [-0.39, 0.29) is 12.1 Å². The third kappa shape index (κ3) is 3.68. The van der Waals surface area contributed by atoms with Crippen LogP contribution in [0.5, 0.6) is 0 Å². The van der Waals surface area contributed by atoms with Crippen molar-refractivity contribution in [3.05, 3.63) is 74.9 Å². The van der Waals surface area contributed by atoms with E-state index in [4.69, 9.17) is 16.3 Å². The molecule has 0 fully saturated rings. The molecule has 0 aliphatic carbocycles. The van der Waals surface area contributed by atoms with Crippen LogP contribution in [0.4, 0.5) is 5.69 Å². The number of nitrogens with zero attached hydrogens (tertiary/aromatic N) is 3. The maximum Gasteiger partial charge on any atom is 0.310 e. The molecule has 0 aliphatic rings. The Morgan fingerprint density at radius 1 is 1.22 bits per heavy atom. The lowest BCUT2D eigenvalue weighted by molar-refractivity contribution is -0.384. The Morgan fingerprint density at radius 2 is 1.89 bits per heavy atom. The zero-order valence-corrected chi connectivity index (χ0v) is 15.4. The number of ether oxygens (including phenoxy) is 1. The van der Waals surface area contributed by atoms with Crippen molar-refractivity contribution in [2.24, 2.45) is 0 Å². The van der Waals surface area contributed by atoms with Gasteiger partial charge in [-0.2, -0.15) is 5.10 Å². The number of nitro groups is 1. The fourth-order valence-corrected chi connectivity index (χ4v) is 2.99. The number of rotatable bonds is 5. The van der Waals surface area contributed by atoms with Gasteiger partial charge in [0, 0.05) is 16.7 Å². The zero-order chi connectivity index (χ0) is 19.6. The van der Waals surface area contributed by atoms with Gasteiger partial charge in [-0.25, -0.2) is 4.68 Å². The standard InChI is InChI=1S/C19H16ClN3O4/c1-12-16(11-18(24)27-2)19(15-5-3-4-6-17(15)23(25)26)22(21-12)14-9-7-13(20)8-10-14/h3-10H,11H2,1-2H3. The van der Waals surface area contributed by atoms with Crippen molar-refractivity contribution >= 4 is 23.3 Å². The lowest BCUT2D eigenvalue weighted by atomic mass is 10.0. The first kappa shape index (κ1) is 18.6. The maximum atomic E-state index is 11.9. The molecule has 0 saturated carbocycles. The van der Waals surface area contributed by atoms with E-state index in [0.29, 0.717) is 33.2 Å². The molecule has 1 heterocycles. The molecule has 0 spiro atoms. The van der Waals surface area contributed by atoms with Crippen LogP contribution in [0.3, 0.4) is 0 Å². The summed E-state index contributed by atoms with van der Waals surface area (Å²) in [5, 5.41) is 16.6. The van der Waals surface area contributed by atoms with E-state index < -0.39 is 10.9 Å². The summed E-state index contributed by atoms with van der Waals surface area (Å²) in [6.07, 6.45) is -0.0443. The molecule has 27 heavy (non-hydrogen) atoms. The van der Waals surface area contributed by atoms with Crippen LogP contribution in [-0.2, 0) is 16.0 Å². The van der Waals surface area contributed by atoms with Gasteiger partial charge in [0.25, 0.3) is 5.69 Å². The highest BCUT2D eigenvalue weighted by Gasteiger charge is 2.26. The fourth-order valence-electron chi connectivity index (χ4n) is 2.87. The molecule has 0 N–H and O–H groups in total. The van der Waals surface area contributed by atoms with E-state index in [1.807, 2.05) is 0 Å². The Kier molecular flexibility index (Phi) is 5.23. The number of methoxy groups -OCH3 is 1. The van der Waals surface area contributed by atoms with Gasteiger partial charge in [0.2, 0.25) is 0 Å². The van der Waals surface area contributed by atoms with E-state index in [1.54, 1.807) is 54.1 Å². The first-order valence-corrected chi connectivity index (χ1v) is 8.45. The number of hydrogen-bond donors (Lipinski definition) is 0. The summed E-state index contributed by atoms with van der Waals surface area (Å²) in [6, 6.07) is 13.3. The minimum absolute atomic E-state index is 0.0443. The largest absolute Gasteiger partial charge is 0.469 e. The Bertz CT molecular complexity index is 1010. The normalized spacial score (nSPS) is 10.6. The molecule has 138 valence electrons. The first-order valence-electron chi connectivity index (χ1n) is 8.07. The summed E-state index contributed by atoms with van der Waals surface area (Å²) in [5.74, 6) is -0.450. The molecule has 1 aromatic heterocycles. The highest BCUT2D eigenvalue weighted by atomic mass is 35.5. The number of aryl methyl sites for hydroxylation is 1. The molecule has 7 nitrogen and oxygen atoms in total. The highest BCUT2D eigenvalue weighted by molar-refractivity contribution is 6.30. The number of hydrogen-bond acceptors (Lipinski definition) is 5. The van der Waals surface area contributed by atoms with Gasteiger partial charge in [-0.05, 0) is 37.3 Å². The summed E-state index contributed by atoms with van der Waals surface area (Å²) in [4.78, 5) is 23.0. The van der Waals surface area contributed by atoms with Crippen LogP contribution in [-0.4, -0.2) is 27.8 Å². The lowest BCUT2D eigenvalue weighted by Gasteiger charge is -2.10. The number of aromatic nitrogens is 2.